The van der Waals surface area contributed by atoms with E-state index in [1.165, 1.54) is 0 Å². The first-order valence-corrected chi connectivity index (χ1v) is 4.03. The van der Waals surface area contributed by atoms with Crippen LogP contribution >= 0.6 is 0 Å². The summed E-state index contributed by atoms with van der Waals surface area (Å²) in [6.45, 7) is 0.148. The summed E-state index contributed by atoms with van der Waals surface area (Å²) in [6.07, 6.45) is -5.61. The Balaban J connectivity index is 4.18. The lowest BCUT2D eigenvalue weighted by molar-refractivity contribution is -0.155. The first-order chi connectivity index (χ1) is 6.41. The summed E-state index contributed by atoms with van der Waals surface area (Å²) >= 11 is 0. The molecule has 0 bridgehead atoms. The van der Waals surface area contributed by atoms with Gasteiger partial charge in [-0.15, -0.1) is 0 Å². The Morgan fingerprint density at radius 1 is 1.57 bits per heavy atom. The van der Waals surface area contributed by atoms with Gasteiger partial charge in [-0.2, -0.15) is 13.2 Å². The van der Waals surface area contributed by atoms with Crippen molar-refractivity contribution in [2.75, 3.05) is 13.7 Å². The second kappa shape index (κ2) is 5.69. The van der Waals surface area contributed by atoms with Gasteiger partial charge in [-0.3, -0.25) is 0 Å². The lowest BCUT2D eigenvalue weighted by atomic mass is 10.1. The Hall–Kier alpha value is -0.980. The van der Waals surface area contributed by atoms with Gasteiger partial charge >= 0.3 is 12.3 Å². The number of nitrogens with one attached hydrogen (secondary N) is 1. The minimum atomic E-state index is -4.47. The normalized spacial score (nSPS) is 13.5. The fourth-order valence-corrected chi connectivity index (χ4v) is 0.841. The Labute approximate surface area is 79.6 Å². The maximum atomic E-state index is 12.2. The number of ether oxygens (including phenoxy) is 1. The summed E-state index contributed by atoms with van der Waals surface area (Å²) in [4.78, 5) is 10.6. The number of alkyl carbamates (subject to hydrolysis) is 1. The highest BCUT2D eigenvalue weighted by Gasteiger charge is 2.40. The molecule has 84 valence electrons. The van der Waals surface area contributed by atoms with Gasteiger partial charge in [0.05, 0.1) is 7.11 Å². The molecule has 0 aromatic rings. The Morgan fingerprint density at radius 2 is 2.14 bits per heavy atom. The van der Waals surface area contributed by atoms with E-state index in [1.54, 1.807) is 5.32 Å². The van der Waals surface area contributed by atoms with Gasteiger partial charge in [0.25, 0.3) is 0 Å². The van der Waals surface area contributed by atoms with Crippen LogP contribution in [0.2, 0.25) is 0 Å². The number of rotatable bonds is 4. The van der Waals surface area contributed by atoms with E-state index in [1.807, 2.05) is 0 Å². The van der Waals surface area contributed by atoms with Gasteiger partial charge < -0.3 is 15.8 Å². The first kappa shape index (κ1) is 13.0. The standard InChI is InChI=1S/C7H13F3N2O2/c1-14-6(13)12-5(3-2-4-11)7(8,9)10/h5H,2-4,11H2,1H3,(H,12,13). The SMILES string of the molecule is COC(=O)NC(CCCN)C(F)(F)F. The third-order valence-electron chi connectivity index (χ3n) is 1.57. The number of methoxy groups -OCH3 is 1. The molecule has 3 N–H and O–H groups in total. The van der Waals surface area contributed by atoms with E-state index < -0.39 is 18.3 Å². The molecule has 0 aliphatic rings. The largest absolute Gasteiger partial charge is 0.453 e. The molecule has 0 aromatic carbocycles. The van der Waals surface area contributed by atoms with E-state index in [4.69, 9.17) is 5.73 Å². The highest BCUT2D eigenvalue weighted by molar-refractivity contribution is 5.67. The van der Waals surface area contributed by atoms with Crippen LogP contribution < -0.4 is 11.1 Å². The number of alkyl halides is 3. The van der Waals surface area contributed by atoms with E-state index in [0.29, 0.717) is 0 Å². The molecule has 0 rings (SSSR count). The summed E-state index contributed by atoms with van der Waals surface area (Å²) in [5, 5.41) is 1.70. The molecule has 0 aromatic heterocycles. The quantitative estimate of drug-likeness (QED) is 0.734. The summed E-state index contributed by atoms with van der Waals surface area (Å²) in [6, 6.07) is -1.89. The number of halogens is 3. The minimum absolute atomic E-state index is 0.148. The van der Waals surface area contributed by atoms with Crippen molar-refractivity contribution in [3.8, 4) is 0 Å². The molecule has 1 atom stereocenters. The van der Waals surface area contributed by atoms with E-state index in [0.717, 1.165) is 7.11 Å². The molecule has 1 amide bonds. The van der Waals surface area contributed by atoms with Gasteiger partial charge in [-0.1, -0.05) is 0 Å². The highest BCUT2D eigenvalue weighted by atomic mass is 19.4. The number of carbonyl (C=O) groups excluding carboxylic acids is 1. The Morgan fingerprint density at radius 3 is 2.50 bits per heavy atom. The second-order valence-electron chi connectivity index (χ2n) is 2.66. The Kier molecular flexibility index (Phi) is 5.29. The third-order valence-corrected chi connectivity index (χ3v) is 1.57. The van der Waals surface area contributed by atoms with Crippen molar-refractivity contribution in [3.63, 3.8) is 0 Å². The van der Waals surface area contributed by atoms with E-state index in [9.17, 15) is 18.0 Å². The number of hydrogen-bond donors (Lipinski definition) is 2. The van der Waals surface area contributed by atoms with Crippen molar-refractivity contribution in [2.45, 2.75) is 25.1 Å². The van der Waals surface area contributed by atoms with Gasteiger partial charge in [0.1, 0.15) is 6.04 Å². The van der Waals surface area contributed by atoms with Crippen molar-refractivity contribution in [1.82, 2.24) is 5.32 Å². The van der Waals surface area contributed by atoms with E-state index in [2.05, 4.69) is 4.74 Å². The average molecular weight is 214 g/mol. The summed E-state index contributed by atoms with van der Waals surface area (Å²) in [5.41, 5.74) is 5.07. The summed E-state index contributed by atoms with van der Waals surface area (Å²) < 4.78 is 40.8. The third kappa shape index (κ3) is 4.90. The van der Waals surface area contributed by atoms with Crippen LogP contribution in [-0.4, -0.2) is 32.0 Å². The molecule has 7 heteroatoms. The van der Waals surface area contributed by atoms with Gasteiger partial charge in [0, 0.05) is 0 Å². The van der Waals surface area contributed by atoms with Crippen LogP contribution in [0.4, 0.5) is 18.0 Å². The van der Waals surface area contributed by atoms with Crippen LogP contribution in [0.3, 0.4) is 0 Å². The van der Waals surface area contributed by atoms with Crippen molar-refractivity contribution in [2.24, 2.45) is 5.73 Å². The molecule has 0 aliphatic heterocycles. The molecule has 1 unspecified atom stereocenters. The lowest BCUT2D eigenvalue weighted by Gasteiger charge is -2.20. The maximum Gasteiger partial charge on any atom is 0.408 e. The monoisotopic (exact) mass is 214 g/mol. The van der Waals surface area contributed by atoms with Gasteiger partial charge in [0.2, 0.25) is 0 Å². The van der Waals surface area contributed by atoms with Crippen molar-refractivity contribution >= 4 is 6.09 Å². The van der Waals surface area contributed by atoms with E-state index in [-0.39, 0.29) is 19.4 Å². The molecule has 0 spiro atoms. The van der Waals surface area contributed by atoms with Crippen molar-refractivity contribution in [3.05, 3.63) is 0 Å². The smallest absolute Gasteiger partial charge is 0.408 e. The molecule has 0 saturated carbocycles. The maximum absolute atomic E-state index is 12.2. The van der Waals surface area contributed by atoms with Crippen LogP contribution in [0.5, 0.6) is 0 Å². The molecule has 14 heavy (non-hydrogen) atoms. The zero-order valence-corrected chi connectivity index (χ0v) is 7.73. The van der Waals surface area contributed by atoms with Crippen LogP contribution in [0.15, 0.2) is 0 Å². The highest BCUT2D eigenvalue weighted by Crippen LogP contribution is 2.23. The molecular formula is C7H13F3N2O2. The topological polar surface area (TPSA) is 64.3 Å². The number of hydrogen-bond acceptors (Lipinski definition) is 3. The van der Waals surface area contributed by atoms with E-state index >= 15 is 0 Å². The van der Waals surface area contributed by atoms with Crippen LogP contribution in [0.1, 0.15) is 12.8 Å². The predicted molar refractivity (Wildman–Crippen MR) is 43.7 cm³/mol. The fraction of sp³-hybridized carbons (Fsp3) is 0.857. The minimum Gasteiger partial charge on any atom is -0.453 e. The van der Waals surface area contributed by atoms with Gasteiger partial charge in [-0.05, 0) is 19.4 Å². The van der Waals surface area contributed by atoms with Gasteiger partial charge in [0.15, 0.2) is 0 Å². The number of nitrogens with two attached hydrogens (primary N) is 1. The Bertz CT molecular complexity index is 184. The average Bonchev–Trinajstić information content (AvgIpc) is 2.09. The molecular weight excluding hydrogens is 201 g/mol. The molecule has 4 nitrogen and oxygen atoms in total. The zero-order chi connectivity index (χ0) is 11.2. The van der Waals surface area contributed by atoms with Crippen molar-refractivity contribution < 1.29 is 22.7 Å². The molecule has 0 fully saturated rings. The lowest BCUT2D eigenvalue weighted by Crippen LogP contribution is -2.45. The molecule has 0 radical (unpaired) electrons. The zero-order valence-electron chi connectivity index (χ0n) is 7.73. The molecule has 0 heterocycles. The van der Waals surface area contributed by atoms with Crippen LogP contribution in [0, 0.1) is 0 Å². The second-order valence-corrected chi connectivity index (χ2v) is 2.66. The number of carbonyl (C=O) groups is 1. The molecule has 0 aliphatic carbocycles. The predicted octanol–water partition coefficient (Wildman–Crippen LogP) is 1.01. The van der Waals surface area contributed by atoms with Crippen molar-refractivity contribution in [1.29, 1.82) is 0 Å². The van der Waals surface area contributed by atoms with Crippen LogP contribution in [-0.2, 0) is 4.74 Å². The summed E-state index contributed by atoms with van der Waals surface area (Å²) in [5.74, 6) is 0. The van der Waals surface area contributed by atoms with Gasteiger partial charge in [-0.25, -0.2) is 4.79 Å². The molecule has 0 saturated heterocycles. The summed E-state index contributed by atoms with van der Waals surface area (Å²) in [7, 11) is 1.01. The first-order valence-electron chi connectivity index (χ1n) is 4.03. The number of amides is 1. The fourth-order valence-electron chi connectivity index (χ4n) is 0.841. The van der Waals surface area contributed by atoms with Crippen LogP contribution in [0.25, 0.3) is 0 Å².